The summed E-state index contributed by atoms with van der Waals surface area (Å²) in [4.78, 5) is 12.1. The molecule has 1 aliphatic carbocycles. The first-order valence-electron chi connectivity index (χ1n) is 12.1. The van der Waals surface area contributed by atoms with E-state index in [0.717, 1.165) is 17.7 Å². The van der Waals surface area contributed by atoms with E-state index in [4.69, 9.17) is 9.47 Å². The molecule has 0 amide bonds. The Morgan fingerprint density at radius 3 is 2.50 bits per heavy atom. The minimum Gasteiger partial charge on any atom is -0.497 e. The van der Waals surface area contributed by atoms with E-state index >= 15 is 0 Å². The van der Waals surface area contributed by atoms with Crippen molar-refractivity contribution in [2.45, 2.75) is 44.9 Å². The van der Waals surface area contributed by atoms with Crippen LogP contribution in [0.1, 0.15) is 55.2 Å². The monoisotopic (exact) mass is 458 g/mol. The Morgan fingerprint density at radius 1 is 1.06 bits per heavy atom. The second-order valence-corrected chi connectivity index (χ2v) is 9.81. The lowest BCUT2D eigenvalue weighted by Gasteiger charge is -2.28. The van der Waals surface area contributed by atoms with Gasteiger partial charge in [0.05, 0.1) is 13.7 Å². The molecule has 4 heteroatoms. The number of rotatable bonds is 7. The number of fused-ring (bicyclic) bond motifs is 1. The van der Waals surface area contributed by atoms with Gasteiger partial charge in [-0.05, 0) is 84.5 Å². The first-order valence-corrected chi connectivity index (χ1v) is 12.1. The van der Waals surface area contributed by atoms with E-state index in [1.807, 2.05) is 12.1 Å². The number of halogens is 1. The number of ether oxygens (including phenoxy) is 2. The molecule has 1 heterocycles. The summed E-state index contributed by atoms with van der Waals surface area (Å²) in [6.07, 6.45) is 3.30. The van der Waals surface area contributed by atoms with Crippen molar-refractivity contribution in [3.63, 3.8) is 0 Å². The van der Waals surface area contributed by atoms with Crippen LogP contribution in [0, 0.1) is 17.7 Å². The zero-order valence-corrected chi connectivity index (χ0v) is 20.0. The van der Waals surface area contributed by atoms with Crippen molar-refractivity contribution >= 4 is 5.78 Å². The minimum atomic E-state index is -0.263. The average Bonchev–Trinajstić information content (AvgIpc) is 3.69. The Morgan fingerprint density at radius 2 is 1.82 bits per heavy atom. The molecule has 0 aromatic heterocycles. The van der Waals surface area contributed by atoms with Gasteiger partial charge >= 0.3 is 0 Å². The number of carbonyl (C=O) groups excluding carboxylic acids is 1. The molecular weight excluding hydrogens is 427 g/mol. The summed E-state index contributed by atoms with van der Waals surface area (Å²) >= 11 is 0. The molecule has 176 valence electrons. The van der Waals surface area contributed by atoms with Crippen LogP contribution in [0.15, 0.2) is 60.7 Å². The number of hydrogen-bond acceptors (Lipinski definition) is 3. The topological polar surface area (TPSA) is 35.5 Å². The molecule has 1 unspecified atom stereocenters. The number of carbonyl (C=O) groups is 1. The van der Waals surface area contributed by atoms with Gasteiger partial charge in [0.2, 0.25) is 0 Å². The molecule has 0 radical (unpaired) electrons. The van der Waals surface area contributed by atoms with Gasteiger partial charge in [0, 0.05) is 17.4 Å². The normalized spacial score (nSPS) is 19.0. The molecule has 1 aliphatic heterocycles. The molecule has 5 rings (SSSR count). The lowest BCUT2D eigenvalue weighted by Crippen LogP contribution is -2.21. The van der Waals surface area contributed by atoms with Crippen LogP contribution in [0.4, 0.5) is 4.39 Å². The first-order chi connectivity index (χ1) is 16.4. The van der Waals surface area contributed by atoms with Gasteiger partial charge in [-0.3, -0.25) is 4.79 Å². The average molecular weight is 459 g/mol. The molecule has 0 N–H and O–H groups in total. The molecule has 3 aromatic carbocycles. The fraction of sp³-hybridized carbons (Fsp3) is 0.367. The maximum Gasteiger partial charge on any atom is 0.133 e. The van der Waals surface area contributed by atoms with E-state index in [0.29, 0.717) is 29.8 Å². The third-order valence-corrected chi connectivity index (χ3v) is 7.55. The number of benzene rings is 3. The third kappa shape index (κ3) is 4.46. The fourth-order valence-corrected chi connectivity index (χ4v) is 5.30. The maximum absolute atomic E-state index is 14.4. The number of ketones is 1. The smallest absolute Gasteiger partial charge is 0.133 e. The van der Waals surface area contributed by atoms with E-state index < -0.39 is 0 Å². The Labute approximate surface area is 200 Å². The number of Topliss-reactive ketones (excluding diaryl/α,β-unsaturated/α-hetero) is 1. The predicted molar refractivity (Wildman–Crippen MR) is 132 cm³/mol. The van der Waals surface area contributed by atoms with Crippen LogP contribution in [0.3, 0.4) is 0 Å². The summed E-state index contributed by atoms with van der Waals surface area (Å²) in [5, 5.41) is 0. The number of hydrogen-bond donors (Lipinski definition) is 0. The van der Waals surface area contributed by atoms with Crippen molar-refractivity contribution in [2.24, 2.45) is 11.8 Å². The first kappa shape index (κ1) is 22.6. The standard InChI is InChI=1S/C30H31FO3/c1-18(19(2)32)30(22-8-9-22)23-10-13-29-24(14-23)15-25(17-34-29)20-4-6-21(7-5-20)27-16-26(33-3)11-12-28(27)31/h4-7,10-14,16,18,22,25,30H,8-9,15,17H2,1-3H3/t18-,25?,30+/m0/s1. The van der Waals surface area contributed by atoms with E-state index in [1.54, 1.807) is 26.2 Å². The van der Waals surface area contributed by atoms with Crippen molar-refractivity contribution in [1.82, 2.24) is 0 Å². The molecule has 1 fully saturated rings. The summed E-state index contributed by atoms with van der Waals surface area (Å²) in [7, 11) is 1.58. The highest BCUT2D eigenvalue weighted by Gasteiger charge is 2.38. The van der Waals surface area contributed by atoms with Gasteiger partial charge in [0.25, 0.3) is 0 Å². The van der Waals surface area contributed by atoms with Crippen LogP contribution >= 0.6 is 0 Å². The third-order valence-electron chi connectivity index (χ3n) is 7.55. The zero-order valence-electron chi connectivity index (χ0n) is 20.0. The Kier molecular flexibility index (Phi) is 6.16. The highest BCUT2D eigenvalue weighted by Crippen LogP contribution is 2.48. The molecule has 0 bridgehead atoms. The van der Waals surface area contributed by atoms with Gasteiger partial charge in [-0.15, -0.1) is 0 Å². The lowest BCUT2D eigenvalue weighted by molar-refractivity contribution is -0.121. The second-order valence-electron chi connectivity index (χ2n) is 9.81. The number of methoxy groups -OCH3 is 1. The molecule has 0 spiro atoms. The van der Waals surface area contributed by atoms with E-state index in [9.17, 15) is 9.18 Å². The molecule has 2 aliphatic rings. The Hall–Kier alpha value is -3.14. The largest absolute Gasteiger partial charge is 0.497 e. The van der Waals surface area contributed by atoms with Crippen molar-refractivity contribution in [1.29, 1.82) is 0 Å². The molecule has 1 saturated carbocycles. The Balaban J connectivity index is 1.37. The predicted octanol–water partition coefficient (Wildman–Crippen LogP) is 6.94. The van der Waals surface area contributed by atoms with Gasteiger partial charge in [0.1, 0.15) is 23.1 Å². The lowest BCUT2D eigenvalue weighted by atomic mass is 9.80. The second kappa shape index (κ2) is 9.25. The van der Waals surface area contributed by atoms with Crippen molar-refractivity contribution in [3.05, 3.63) is 83.2 Å². The molecule has 0 saturated heterocycles. The fourth-order valence-electron chi connectivity index (χ4n) is 5.30. The van der Waals surface area contributed by atoms with Gasteiger partial charge in [-0.25, -0.2) is 4.39 Å². The zero-order chi connectivity index (χ0) is 23.8. The SMILES string of the molecule is COc1ccc(F)c(-c2ccc(C3COc4ccc([C@@H](C5CC5)[C@@H](C)C(C)=O)cc4C3)cc2)c1. The van der Waals surface area contributed by atoms with Crippen LogP contribution in [0.5, 0.6) is 11.5 Å². The van der Waals surface area contributed by atoms with Gasteiger partial charge in [-0.2, -0.15) is 0 Å². The quantitative estimate of drug-likeness (QED) is 0.385. The highest BCUT2D eigenvalue weighted by atomic mass is 19.1. The maximum atomic E-state index is 14.4. The van der Waals surface area contributed by atoms with Crippen molar-refractivity contribution in [3.8, 4) is 22.6 Å². The van der Waals surface area contributed by atoms with E-state index in [-0.39, 0.29) is 23.4 Å². The van der Waals surface area contributed by atoms with Crippen molar-refractivity contribution < 1.29 is 18.7 Å². The van der Waals surface area contributed by atoms with E-state index in [1.165, 1.54) is 35.6 Å². The summed E-state index contributed by atoms with van der Waals surface area (Å²) in [5.74, 6) is 2.75. The minimum absolute atomic E-state index is 0.0374. The molecule has 3 aromatic rings. The summed E-state index contributed by atoms with van der Waals surface area (Å²) in [6, 6.07) is 19.4. The van der Waals surface area contributed by atoms with Crippen molar-refractivity contribution in [2.75, 3.05) is 13.7 Å². The summed E-state index contributed by atoms with van der Waals surface area (Å²) < 4.78 is 25.8. The molecule has 34 heavy (non-hydrogen) atoms. The van der Waals surface area contributed by atoms with Gasteiger partial charge in [0.15, 0.2) is 0 Å². The highest BCUT2D eigenvalue weighted by molar-refractivity contribution is 5.79. The molecular formula is C30H31FO3. The van der Waals surface area contributed by atoms with Crippen LogP contribution in [0.2, 0.25) is 0 Å². The van der Waals surface area contributed by atoms with Gasteiger partial charge in [-0.1, -0.05) is 43.3 Å². The van der Waals surface area contributed by atoms with E-state index in [2.05, 4.69) is 37.3 Å². The summed E-state index contributed by atoms with van der Waals surface area (Å²) in [5.41, 5.74) is 5.01. The molecule has 3 atom stereocenters. The summed E-state index contributed by atoms with van der Waals surface area (Å²) in [6.45, 7) is 4.39. The molecule has 3 nitrogen and oxygen atoms in total. The van der Waals surface area contributed by atoms with Gasteiger partial charge < -0.3 is 9.47 Å². The van der Waals surface area contributed by atoms with Crippen LogP contribution in [-0.2, 0) is 11.2 Å². The Bertz CT molecular complexity index is 1200. The van der Waals surface area contributed by atoms with Crippen LogP contribution < -0.4 is 9.47 Å². The van der Waals surface area contributed by atoms with Crippen LogP contribution in [0.25, 0.3) is 11.1 Å². The van der Waals surface area contributed by atoms with Crippen LogP contribution in [-0.4, -0.2) is 19.5 Å².